The topological polar surface area (TPSA) is 66.6 Å². The fraction of sp³-hybridized carbons (Fsp3) is 0.222. The van der Waals surface area contributed by atoms with Gasteiger partial charge in [-0.1, -0.05) is 19.2 Å². The summed E-state index contributed by atoms with van der Waals surface area (Å²) in [5.74, 6) is 0.650. The summed E-state index contributed by atoms with van der Waals surface area (Å²) >= 11 is 0. The van der Waals surface area contributed by atoms with Gasteiger partial charge in [-0.25, -0.2) is 0 Å². The standard InChI is InChI=1S/C9H12N4.V/c1-7(11-2)12-13-9-5-3-8(10)4-6-9;/h3-6H,10H2,1-2H3;/q-2;+2. The van der Waals surface area contributed by atoms with E-state index in [1.54, 1.807) is 26.1 Å². The second-order valence-electron chi connectivity index (χ2n) is 2.56. The third-order valence-electron chi connectivity index (χ3n) is 1.53. The number of benzene rings is 1. The Labute approximate surface area is 95.8 Å². The quantitative estimate of drug-likeness (QED) is 0.359. The molecule has 14 heavy (non-hydrogen) atoms. The Hall–Kier alpha value is -1.13. The Balaban J connectivity index is 0.00000169. The van der Waals surface area contributed by atoms with Crippen molar-refractivity contribution in [2.24, 2.45) is 5.10 Å². The van der Waals surface area contributed by atoms with Crippen LogP contribution in [0.15, 0.2) is 29.4 Å². The van der Waals surface area contributed by atoms with Gasteiger partial charge in [0.05, 0.1) is 0 Å². The van der Waals surface area contributed by atoms with E-state index < -0.39 is 0 Å². The zero-order valence-corrected chi connectivity index (χ0v) is 9.57. The van der Waals surface area contributed by atoms with Gasteiger partial charge in [-0.3, -0.25) is 0 Å². The molecule has 1 aromatic carbocycles. The maximum atomic E-state index is 5.51. The number of anilines is 1. The van der Waals surface area contributed by atoms with E-state index in [-0.39, 0.29) is 18.6 Å². The molecule has 0 amide bonds. The molecule has 2 N–H and O–H groups in total. The largest absolute Gasteiger partial charge is 2.00 e. The van der Waals surface area contributed by atoms with Crippen molar-refractivity contribution in [1.82, 2.24) is 0 Å². The molecule has 1 rings (SSSR count). The Morgan fingerprint density at radius 3 is 2.36 bits per heavy atom. The Bertz CT molecular complexity index is 294. The average molecular weight is 227 g/mol. The normalized spacial score (nSPS) is 10.3. The Morgan fingerprint density at radius 2 is 1.86 bits per heavy atom. The molecule has 4 nitrogen and oxygen atoms in total. The Morgan fingerprint density at radius 1 is 1.29 bits per heavy atom. The molecule has 1 aromatic rings. The maximum Gasteiger partial charge on any atom is 2.00 e. The van der Waals surface area contributed by atoms with Crippen LogP contribution in [-0.2, 0) is 18.6 Å². The van der Waals surface area contributed by atoms with Crippen molar-refractivity contribution in [1.29, 1.82) is 0 Å². The van der Waals surface area contributed by atoms with Crippen molar-refractivity contribution in [3.63, 3.8) is 0 Å². The minimum absolute atomic E-state index is 0. The number of nitrogen functional groups attached to an aromatic ring is 1. The first-order chi connectivity index (χ1) is 6.22. The summed E-state index contributed by atoms with van der Waals surface area (Å²) in [6, 6.07) is 7.18. The molecule has 0 saturated heterocycles. The van der Waals surface area contributed by atoms with E-state index in [1.807, 2.05) is 12.1 Å². The van der Waals surface area contributed by atoms with Crippen LogP contribution in [0.4, 0.5) is 11.4 Å². The monoisotopic (exact) mass is 227 g/mol. The van der Waals surface area contributed by atoms with Gasteiger partial charge < -0.3 is 21.6 Å². The number of hydrogen-bond donors (Lipinski definition) is 1. The van der Waals surface area contributed by atoms with Gasteiger partial charge in [0, 0.05) is 5.69 Å². The van der Waals surface area contributed by atoms with Crippen LogP contribution in [0.2, 0.25) is 0 Å². The van der Waals surface area contributed by atoms with Crippen LogP contribution < -0.4 is 5.73 Å². The summed E-state index contributed by atoms with van der Waals surface area (Å²) in [6.07, 6.45) is 0. The van der Waals surface area contributed by atoms with Crippen molar-refractivity contribution in [2.45, 2.75) is 6.92 Å². The SMILES string of the molecule is C[N-]/C(C)=N\[N-]c1ccc(N)cc1.[V+2]. The minimum Gasteiger partial charge on any atom is -0.691 e. The fourth-order valence-electron chi connectivity index (χ4n) is 0.716. The van der Waals surface area contributed by atoms with Crippen LogP contribution in [0.3, 0.4) is 0 Å². The molecule has 0 atom stereocenters. The van der Waals surface area contributed by atoms with E-state index in [0.717, 1.165) is 11.4 Å². The van der Waals surface area contributed by atoms with E-state index in [2.05, 4.69) is 15.8 Å². The third-order valence-corrected chi connectivity index (χ3v) is 1.53. The van der Waals surface area contributed by atoms with Crippen molar-refractivity contribution >= 4 is 17.2 Å². The third kappa shape index (κ3) is 4.21. The van der Waals surface area contributed by atoms with Crippen LogP contribution >= 0.6 is 0 Å². The number of amidine groups is 1. The molecule has 0 fully saturated rings. The van der Waals surface area contributed by atoms with Crippen molar-refractivity contribution < 1.29 is 18.6 Å². The van der Waals surface area contributed by atoms with Crippen LogP contribution in [0.5, 0.6) is 0 Å². The molecule has 0 aliphatic heterocycles. The second-order valence-corrected chi connectivity index (χ2v) is 2.56. The zero-order chi connectivity index (χ0) is 9.68. The first-order valence-electron chi connectivity index (χ1n) is 3.93. The summed E-state index contributed by atoms with van der Waals surface area (Å²) in [5, 5.41) is 7.73. The molecule has 0 aliphatic rings. The molecule has 1 radical (unpaired) electrons. The first-order valence-corrected chi connectivity index (χ1v) is 3.93. The van der Waals surface area contributed by atoms with Gasteiger partial charge in [0.25, 0.3) is 0 Å². The predicted octanol–water partition coefficient (Wildman–Crippen LogP) is 2.61. The summed E-state index contributed by atoms with van der Waals surface area (Å²) in [5.41, 5.74) is 11.0. The summed E-state index contributed by atoms with van der Waals surface area (Å²) in [6.45, 7) is 1.79. The molecule has 0 spiro atoms. The molecule has 0 saturated carbocycles. The summed E-state index contributed by atoms with van der Waals surface area (Å²) in [4.78, 5) is 0. The van der Waals surface area contributed by atoms with Crippen LogP contribution in [0.25, 0.3) is 10.7 Å². The molecule has 0 unspecified atom stereocenters. The molecule has 0 bridgehead atoms. The molecular formula is C9H12N4V. The molecule has 0 aromatic heterocycles. The fourth-order valence-corrected chi connectivity index (χ4v) is 0.716. The van der Waals surface area contributed by atoms with Crippen molar-refractivity contribution in [3.8, 4) is 0 Å². The molecule has 0 aliphatic carbocycles. The van der Waals surface area contributed by atoms with E-state index in [4.69, 9.17) is 5.73 Å². The van der Waals surface area contributed by atoms with E-state index >= 15 is 0 Å². The molecule has 73 valence electrons. The number of rotatable bonds is 2. The molecule has 0 heterocycles. The summed E-state index contributed by atoms with van der Waals surface area (Å²) in [7, 11) is 1.68. The van der Waals surface area contributed by atoms with E-state index in [1.165, 1.54) is 0 Å². The molecular weight excluding hydrogens is 215 g/mol. The van der Waals surface area contributed by atoms with E-state index in [9.17, 15) is 0 Å². The van der Waals surface area contributed by atoms with Crippen LogP contribution in [0, 0.1) is 0 Å². The second kappa shape index (κ2) is 6.35. The van der Waals surface area contributed by atoms with Gasteiger partial charge >= 0.3 is 18.6 Å². The van der Waals surface area contributed by atoms with Gasteiger partial charge in [-0.2, -0.15) is 0 Å². The first kappa shape index (κ1) is 12.9. The number of hydrogen-bond acceptors (Lipinski definition) is 2. The van der Waals surface area contributed by atoms with Crippen molar-refractivity contribution in [3.05, 3.63) is 35.0 Å². The van der Waals surface area contributed by atoms with Gasteiger partial charge in [-0.05, 0) is 19.1 Å². The van der Waals surface area contributed by atoms with Gasteiger partial charge in [0.15, 0.2) is 0 Å². The number of nitrogens with zero attached hydrogens (tertiary/aromatic N) is 3. The summed E-state index contributed by atoms with van der Waals surface area (Å²) < 4.78 is 0. The van der Waals surface area contributed by atoms with Gasteiger partial charge in [0.2, 0.25) is 0 Å². The minimum atomic E-state index is 0. The number of nitrogens with two attached hydrogens (primary N) is 1. The van der Waals surface area contributed by atoms with Crippen LogP contribution in [-0.4, -0.2) is 12.9 Å². The van der Waals surface area contributed by atoms with Gasteiger partial charge in [0.1, 0.15) is 0 Å². The predicted molar refractivity (Wildman–Crippen MR) is 56.3 cm³/mol. The smallest absolute Gasteiger partial charge is 0.691 e. The van der Waals surface area contributed by atoms with Gasteiger partial charge in [-0.15, -0.1) is 11.5 Å². The van der Waals surface area contributed by atoms with Crippen LogP contribution in [0.1, 0.15) is 6.92 Å². The maximum absolute atomic E-state index is 5.51. The Kier molecular flexibility index (Phi) is 5.84. The molecule has 5 heteroatoms. The average Bonchev–Trinajstić information content (AvgIpc) is 2.16. The van der Waals surface area contributed by atoms with E-state index in [0.29, 0.717) is 5.84 Å². The zero-order valence-electron chi connectivity index (χ0n) is 8.18. The van der Waals surface area contributed by atoms with Crippen molar-refractivity contribution in [2.75, 3.05) is 12.8 Å².